The SMILES string of the molecule is CCCCCCCCCCCCC(CCCCCCCCCC)CN1C(=O)C2=C(c3ccc(-c4ccc(Br)s4)s3)N(CC(CCCCCCCCCC)CCCCCCCCCCCC)C(=O)C2=C1C1=CCC(c2ccc(Br)s2)S1. The predicted octanol–water partition coefficient (Wildman–Crippen LogP) is 25.4. The van der Waals surface area contributed by atoms with E-state index in [4.69, 9.17) is 0 Å². The fourth-order valence-corrected chi connectivity index (χ4v) is 18.2. The van der Waals surface area contributed by atoms with Crippen molar-refractivity contribution in [2.75, 3.05) is 13.1 Å². The number of hydrogen-bond donors (Lipinski definition) is 0. The molecule has 0 radical (unpaired) electrons. The van der Waals surface area contributed by atoms with Gasteiger partial charge in [-0.3, -0.25) is 9.59 Å². The van der Waals surface area contributed by atoms with Crippen LogP contribution < -0.4 is 0 Å². The normalized spacial score (nSPS) is 16.4. The third-order valence-electron chi connectivity index (χ3n) is 17.5. The quantitative estimate of drug-likeness (QED) is 0.0529. The molecule has 6 heterocycles. The zero-order valence-electron chi connectivity index (χ0n) is 50.8. The van der Waals surface area contributed by atoms with Gasteiger partial charge in [-0.1, -0.05) is 265 Å². The minimum absolute atomic E-state index is 0.0665. The highest BCUT2D eigenvalue weighted by Crippen LogP contribution is 2.55. The van der Waals surface area contributed by atoms with Crippen LogP contribution in [0.25, 0.3) is 15.5 Å². The van der Waals surface area contributed by atoms with Gasteiger partial charge in [0.25, 0.3) is 11.8 Å². The Kier molecular flexibility index (Phi) is 33.9. The number of fused-ring (bicyclic) bond motifs is 1. The number of unbranched alkanes of at least 4 members (excludes halogenated alkanes) is 32. The fourth-order valence-electron chi connectivity index (χ4n) is 12.7. The Morgan fingerprint density at radius 3 is 1.14 bits per heavy atom. The first-order valence-electron chi connectivity index (χ1n) is 33.4. The Labute approximate surface area is 522 Å². The number of thioether (sulfide) groups is 1. The number of carbonyl (C=O) groups excluding carboxylic acids is 2. The Hall–Kier alpha value is -1.43. The van der Waals surface area contributed by atoms with Crippen LogP contribution in [0.2, 0.25) is 0 Å². The van der Waals surface area contributed by atoms with Gasteiger partial charge in [-0.25, -0.2) is 0 Å². The summed E-state index contributed by atoms with van der Waals surface area (Å²) in [5, 5.41) is 0.272. The third kappa shape index (κ3) is 22.8. The molecule has 0 aliphatic carbocycles. The van der Waals surface area contributed by atoms with Crippen molar-refractivity contribution in [3.63, 3.8) is 0 Å². The summed E-state index contributed by atoms with van der Waals surface area (Å²) in [6, 6.07) is 13.2. The molecule has 10 heteroatoms. The maximum Gasteiger partial charge on any atom is 0.261 e. The van der Waals surface area contributed by atoms with Crippen LogP contribution in [0.3, 0.4) is 0 Å². The van der Waals surface area contributed by atoms with Crippen molar-refractivity contribution in [3.8, 4) is 9.75 Å². The van der Waals surface area contributed by atoms with Crippen molar-refractivity contribution in [2.45, 2.75) is 296 Å². The van der Waals surface area contributed by atoms with Crippen LogP contribution in [0.4, 0.5) is 0 Å². The average molecular weight is 1300 g/mol. The molecule has 0 saturated carbocycles. The molecule has 3 aliphatic heterocycles. The van der Waals surface area contributed by atoms with Gasteiger partial charge in [0.2, 0.25) is 0 Å². The molecular weight excluding hydrogens is 1190 g/mol. The van der Waals surface area contributed by atoms with Crippen LogP contribution >= 0.6 is 77.6 Å². The van der Waals surface area contributed by atoms with Gasteiger partial charge >= 0.3 is 0 Å². The molecule has 0 N–H and O–H groups in total. The molecule has 0 aromatic carbocycles. The standard InChI is InChI=1S/C70H108Br2N2O2S4/c1-5-9-13-17-21-25-27-31-35-39-43-55(41-37-33-29-23-19-15-11-7-3)53-73-67(61-47-45-57(77-61)59-49-51-63(71)79-59)65-66(69(73)75)68(62-48-46-58(78-62)60-50-52-64(72)80-60)74(70(65)76)54-56(42-38-34-30-24-20-16-12-8-4)44-40-36-32-28-26-22-18-14-10-6-2/h45,47-52,55-56,58H,5-44,46,53-54H2,1-4H3. The maximum absolute atomic E-state index is 16.0. The minimum Gasteiger partial charge on any atom is -0.306 e. The maximum atomic E-state index is 16.0. The van der Waals surface area contributed by atoms with Crippen molar-refractivity contribution in [1.29, 1.82) is 0 Å². The molecule has 80 heavy (non-hydrogen) atoms. The lowest BCUT2D eigenvalue weighted by Gasteiger charge is -2.30. The molecule has 0 spiro atoms. The third-order valence-corrected chi connectivity index (χ3v) is 23.7. The van der Waals surface area contributed by atoms with Crippen LogP contribution in [0, 0.1) is 11.8 Å². The van der Waals surface area contributed by atoms with Gasteiger partial charge in [-0.2, -0.15) is 0 Å². The van der Waals surface area contributed by atoms with E-state index in [-0.39, 0.29) is 17.1 Å². The predicted molar refractivity (Wildman–Crippen MR) is 362 cm³/mol. The van der Waals surface area contributed by atoms with Gasteiger partial charge in [-0.05, 0) is 112 Å². The van der Waals surface area contributed by atoms with Crippen molar-refractivity contribution in [3.05, 3.63) is 81.5 Å². The molecule has 3 atom stereocenters. The topological polar surface area (TPSA) is 40.6 Å². The average Bonchev–Trinajstić information content (AvgIpc) is 4.38. The van der Waals surface area contributed by atoms with E-state index in [0.717, 1.165) is 60.9 Å². The summed E-state index contributed by atoms with van der Waals surface area (Å²) >= 11 is 14.7. The zero-order valence-corrected chi connectivity index (χ0v) is 57.2. The van der Waals surface area contributed by atoms with E-state index in [1.807, 2.05) is 23.1 Å². The van der Waals surface area contributed by atoms with Crippen LogP contribution in [0.15, 0.2) is 71.8 Å². The molecule has 0 saturated heterocycles. The number of amides is 2. The summed E-state index contributed by atoms with van der Waals surface area (Å²) in [5.41, 5.74) is 3.20. The summed E-state index contributed by atoms with van der Waals surface area (Å²) < 4.78 is 2.27. The van der Waals surface area contributed by atoms with E-state index >= 15 is 9.59 Å². The van der Waals surface area contributed by atoms with E-state index in [9.17, 15) is 0 Å². The molecule has 3 unspecified atom stereocenters. The molecule has 448 valence electrons. The van der Waals surface area contributed by atoms with E-state index < -0.39 is 0 Å². The summed E-state index contributed by atoms with van der Waals surface area (Å²) in [4.78, 5) is 42.4. The highest BCUT2D eigenvalue weighted by atomic mass is 79.9. The van der Waals surface area contributed by atoms with Gasteiger partial charge in [0.05, 0.1) is 35.0 Å². The lowest BCUT2D eigenvalue weighted by Crippen LogP contribution is -2.35. The Morgan fingerprint density at radius 1 is 0.412 bits per heavy atom. The van der Waals surface area contributed by atoms with Gasteiger partial charge < -0.3 is 9.80 Å². The first kappa shape index (κ1) is 67.7. The van der Waals surface area contributed by atoms with Crippen LogP contribution in [0.5, 0.6) is 0 Å². The van der Waals surface area contributed by atoms with Gasteiger partial charge in [0.1, 0.15) is 0 Å². The molecule has 0 bridgehead atoms. The van der Waals surface area contributed by atoms with Crippen molar-refractivity contribution in [2.24, 2.45) is 11.8 Å². The minimum atomic E-state index is 0.0665. The number of halogens is 2. The highest BCUT2D eigenvalue weighted by molar-refractivity contribution is 9.11. The first-order chi connectivity index (χ1) is 39.3. The molecular formula is C70H108Br2N2O2S4. The summed E-state index contributed by atoms with van der Waals surface area (Å²) in [6.07, 6.45) is 55.4. The van der Waals surface area contributed by atoms with Crippen molar-refractivity contribution < 1.29 is 9.59 Å². The fraction of sp³-hybridized carbons (Fsp3) is 0.714. The number of thiophene rings is 3. The van der Waals surface area contributed by atoms with E-state index in [2.05, 4.69) is 112 Å². The lowest BCUT2D eigenvalue weighted by molar-refractivity contribution is -0.124. The number of allylic oxidation sites excluding steroid dienone is 1. The zero-order chi connectivity index (χ0) is 56.6. The summed E-state index contributed by atoms with van der Waals surface area (Å²) in [5.74, 6) is 0.925. The van der Waals surface area contributed by atoms with Crippen molar-refractivity contribution >= 4 is 95.1 Å². The van der Waals surface area contributed by atoms with Crippen LogP contribution in [0.1, 0.15) is 306 Å². The molecule has 3 aromatic rings. The van der Waals surface area contributed by atoms with Gasteiger partial charge in [0.15, 0.2) is 0 Å². The highest BCUT2D eigenvalue weighted by Gasteiger charge is 2.51. The van der Waals surface area contributed by atoms with Crippen LogP contribution in [-0.4, -0.2) is 34.7 Å². The summed E-state index contributed by atoms with van der Waals surface area (Å²) in [7, 11) is 0. The molecule has 3 aliphatic rings. The Bertz CT molecular complexity index is 2310. The first-order valence-corrected chi connectivity index (χ1v) is 38.3. The van der Waals surface area contributed by atoms with E-state index in [0.29, 0.717) is 36.1 Å². The monoisotopic (exact) mass is 1290 g/mol. The molecule has 0 fully saturated rings. The summed E-state index contributed by atoms with van der Waals surface area (Å²) in [6.45, 7) is 10.6. The van der Waals surface area contributed by atoms with Crippen LogP contribution in [-0.2, 0) is 9.59 Å². The molecule has 2 amide bonds. The number of carbonyl (C=O) groups is 2. The lowest BCUT2D eigenvalue weighted by atomic mass is 9.93. The molecule has 4 nitrogen and oxygen atoms in total. The largest absolute Gasteiger partial charge is 0.306 e. The number of nitrogens with zero attached hydrogens (tertiary/aromatic N) is 2. The molecule has 6 rings (SSSR count). The van der Waals surface area contributed by atoms with E-state index in [1.54, 1.807) is 22.7 Å². The van der Waals surface area contributed by atoms with Gasteiger partial charge in [0, 0.05) is 37.9 Å². The van der Waals surface area contributed by atoms with E-state index in [1.165, 1.54) is 246 Å². The Morgan fingerprint density at radius 2 is 0.750 bits per heavy atom. The second kappa shape index (κ2) is 40.0. The Balaban J connectivity index is 1.30. The van der Waals surface area contributed by atoms with Gasteiger partial charge in [-0.15, -0.1) is 45.8 Å². The second-order valence-corrected chi connectivity index (χ2v) is 31.6. The number of rotatable bonds is 48. The second-order valence-electron chi connectivity index (χ2n) is 24.3. The smallest absolute Gasteiger partial charge is 0.261 e. The molecule has 3 aromatic heterocycles. The number of hydrogen-bond acceptors (Lipinski definition) is 6. The van der Waals surface area contributed by atoms with Crippen molar-refractivity contribution in [1.82, 2.24) is 9.80 Å².